The lowest BCUT2D eigenvalue weighted by Crippen LogP contribution is -2.18. The molecule has 0 bridgehead atoms. The van der Waals surface area contributed by atoms with Crippen molar-refractivity contribution in [1.82, 2.24) is 0 Å². The molecule has 0 spiro atoms. The molecule has 1 aliphatic rings. The van der Waals surface area contributed by atoms with E-state index in [-0.39, 0.29) is 0 Å². The number of halogens is 1. The summed E-state index contributed by atoms with van der Waals surface area (Å²) >= 11 is 3.29. The predicted molar refractivity (Wildman–Crippen MR) is 49.1 cm³/mol. The van der Waals surface area contributed by atoms with Gasteiger partial charge in [0.1, 0.15) is 5.60 Å². The fraction of sp³-hybridized carbons (Fsp3) is 0.500. The standard InChI is InChI=1S/C8H12BrNO/c1-2-6(9)5-7(10)8(11)3-4-8/h2,5,11H,3-4,10H2,1H3/b6-2+,7-5-. The summed E-state index contributed by atoms with van der Waals surface area (Å²) in [5.74, 6) is 0. The van der Waals surface area contributed by atoms with Gasteiger partial charge in [-0.15, -0.1) is 0 Å². The van der Waals surface area contributed by atoms with Crippen molar-refractivity contribution in [2.24, 2.45) is 5.73 Å². The molecule has 0 atom stereocenters. The lowest BCUT2D eigenvalue weighted by molar-refractivity contribution is 0.187. The molecule has 1 rings (SSSR count). The number of hydrogen-bond acceptors (Lipinski definition) is 2. The van der Waals surface area contributed by atoms with Gasteiger partial charge in [0, 0.05) is 10.2 Å². The molecule has 0 unspecified atom stereocenters. The van der Waals surface area contributed by atoms with Gasteiger partial charge in [0.15, 0.2) is 0 Å². The summed E-state index contributed by atoms with van der Waals surface area (Å²) in [5, 5.41) is 9.50. The van der Waals surface area contributed by atoms with Crippen LogP contribution in [0.2, 0.25) is 0 Å². The first kappa shape index (κ1) is 8.81. The summed E-state index contributed by atoms with van der Waals surface area (Å²) < 4.78 is 0.912. The third kappa shape index (κ3) is 2.07. The Bertz CT molecular complexity index is 216. The Kier molecular flexibility index (Phi) is 2.40. The molecule has 0 heterocycles. The van der Waals surface area contributed by atoms with Crippen molar-refractivity contribution >= 4 is 15.9 Å². The van der Waals surface area contributed by atoms with E-state index in [2.05, 4.69) is 15.9 Å². The molecule has 0 amide bonds. The molecule has 1 aliphatic carbocycles. The topological polar surface area (TPSA) is 46.2 Å². The Labute approximate surface area is 74.9 Å². The molecular weight excluding hydrogens is 206 g/mol. The van der Waals surface area contributed by atoms with Crippen molar-refractivity contribution < 1.29 is 5.11 Å². The molecule has 0 aromatic heterocycles. The SMILES string of the molecule is C/C=C(Br)\C=C(/N)C1(O)CC1. The van der Waals surface area contributed by atoms with Gasteiger partial charge in [0.2, 0.25) is 0 Å². The normalized spacial score (nSPS) is 23.5. The molecule has 0 radical (unpaired) electrons. The summed E-state index contributed by atoms with van der Waals surface area (Å²) in [5.41, 5.74) is 5.50. The molecule has 1 saturated carbocycles. The Morgan fingerprint density at radius 2 is 2.18 bits per heavy atom. The van der Waals surface area contributed by atoms with Crippen LogP contribution in [-0.2, 0) is 0 Å². The number of allylic oxidation sites excluding steroid dienone is 3. The summed E-state index contributed by atoms with van der Waals surface area (Å²) in [6.45, 7) is 1.91. The minimum absolute atomic E-state index is 0.558. The van der Waals surface area contributed by atoms with E-state index in [4.69, 9.17) is 5.73 Å². The minimum Gasteiger partial charge on any atom is -0.400 e. The zero-order valence-corrected chi connectivity index (χ0v) is 8.06. The van der Waals surface area contributed by atoms with Crippen LogP contribution in [0, 0.1) is 0 Å². The van der Waals surface area contributed by atoms with E-state index < -0.39 is 5.60 Å². The van der Waals surface area contributed by atoms with E-state index in [0.29, 0.717) is 5.70 Å². The van der Waals surface area contributed by atoms with Crippen molar-refractivity contribution in [3.8, 4) is 0 Å². The van der Waals surface area contributed by atoms with Gasteiger partial charge in [-0.2, -0.15) is 0 Å². The highest BCUT2D eigenvalue weighted by atomic mass is 79.9. The predicted octanol–water partition coefficient (Wildman–Crippen LogP) is 1.65. The van der Waals surface area contributed by atoms with Crippen LogP contribution in [0.15, 0.2) is 22.3 Å². The van der Waals surface area contributed by atoms with Crippen LogP contribution in [0.25, 0.3) is 0 Å². The molecule has 3 heteroatoms. The highest BCUT2D eigenvalue weighted by molar-refractivity contribution is 9.11. The Morgan fingerprint density at radius 1 is 1.64 bits per heavy atom. The van der Waals surface area contributed by atoms with Crippen LogP contribution in [-0.4, -0.2) is 10.7 Å². The maximum atomic E-state index is 9.50. The molecule has 0 aliphatic heterocycles. The second-order valence-electron chi connectivity index (χ2n) is 2.80. The lowest BCUT2D eigenvalue weighted by atomic mass is 10.2. The molecule has 2 nitrogen and oxygen atoms in total. The Hall–Kier alpha value is -0.280. The van der Waals surface area contributed by atoms with Gasteiger partial charge in [-0.05, 0) is 25.8 Å². The number of nitrogens with two attached hydrogens (primary N) is 1. The first-order chi connectivity index (χ1) is 5.08. The molecule has 0 aromatic carbocycles. The third-order valence-electron chi connectivity index (χ3n) is 1.83. The molecule has 0 aromatic rings. The highest BCUT2D eigenvalue weighted by Gasteiger charge is 2.42. The Morgan fingerprint density at radius 3 is 2.55 bits per heavy atom. The van der Waals surface area contributed by atoms with Crippen molar-refractivity contribution in [2.45, 2.75) is 25.4 Å². The third-order valence-corrected chi connectivity index (χ3v) is 2.52. The van der Waals surface area contributed by atoms with Gasteiger partial charge < -0.3 is 10.8 Å². The molecule has 62 valence electrons. The average Bonchev–Trinajstić information content (AvgIpc) is 2.69. The van der Waals surface area contributed by atoms with Crippen molar-refractivity contribution in [2.75, 3.05) is 0 Å². The van der Waals surface area contributed by atoms with Crippen molar-refractivity contribution in [3.63, 3.8) is 0 Å². The zero-order valence-electron chi connectivity index (χ0n) is 6.47. The first-order valence-corrected chi connectivity index (χ1v) is 4.39. The summed E-state index contributed by atoms with van der Waals surface area (Å²) in [4.78, 5) is 0. The fourth-order valence-corrected chi connectivity index (χ4v) is 1.02. The smallest absolute Gasteiger partial charge is 0.104 e. The van der Waals surface area contributed by atoms with Crippen LogP contribution in [0.4, 0.5) is 0 Å². The molecular formula is C8H12BrNO. The average molecular weight is 218 g/mol. The van der Waals surface area contributed by atoms with E-state index in [0.717, 1.165) is 17.3 Å². The van der Waals surface area contributed by atoms with Gasteiger partial charge in [-0.1, -0.05) is 22.0 Å². The maximum absolute atomic E-state index is 9.50. The lowest BCUT2D eigenvalue weighted by Gasteiger charge is -2.06. The van der Waals surface area contributed by atoms with Gasteiger partial charge in [0.05, 0.1) is 0 Å². The van der Waals surface area contributed by atoms with Crippen LogP contribution in [0.3, 0.4) is 0 Å². The van der Waals surface area contributed by atoms with E-state index in [1.54, 1.807) is 6.08 Å². The molecule has 11 heavy (non-hydrogen) atoms. The summed E-state index contributed by atoms with van der Waals surface area (Å²) in [6, 6.07) is 0. The Balaban J connectivity index is 2.66. The van der Waals surface area contributed by atoms with Crippen LogP contribution in [0.5, 0.6) is 0 Å². The van der Waals surface area contributed by atoms with Gasteiger partial charge in [0.25, 0.3) is 0 Å². The monoisotopic (exact) mass is 217 g/mol. The molecule has 3 N–H and O–H groups in total. The van der Waals surface area contributed by atoms with Crippen molar-refractivity contribution in [1.29, 1.82) is 0 Å². The van der Waals surface area contributed by atoms with Crippen LogP contribution in [0.1, 0.15) is 19.8 Å². The van der Waals surface area contributed by atoms with E-state index >= 15 is 0 Å². The second kappa shape index (κ2) is 2.99. The summed E-state index contributed by atoms with van der Waals surface area (Å²) in [6.07, 6.45) is 5.23. The number of rotatable bonds is 2. The fourth-order valence-electron chi connectivity index (χ4n) is 0.773. The first-order valence-electron chi connectivity index (χ1n) is 3.60. The highest BCUT2D eigenvalue weighted by Crippen LogP contribution is 2.40. The number of aliphatic hydroxyl groups is 1. The van der Waals surface area contributed by atoms with Crippen LogP contribution >= 0.6 is 15.9 Å². The minimum atomic E-state index is -0.692. The number of hydrogen-bond donors (Lipinski definition) is 2. The molecule has 1 fully saturated rings. The maximum Gasteiger partial charge on any atom is 0.104 e. The largest absolute Gasteiger partial charge is 0.400 e. The van der Waals surface area contributed by atoms with Gasteiger partial charge >= 0.3 is 0 Å². The van der Waals surface area contributed by atoms with Gasteiger partial charge in [-0.3, -0.25) is 0 Å². The molecule has 0 saturated heterocycles. The van der Waals surface area contributed by atoms with E-state index in [9.17, 15) is 5.11 Å². The zero-order chi connectivity index (χ0) is 8.48. The van der Waals surface area contributed by atoms with Gasteiger partial charge in [-0.25, -0.2) is 0 Å². The second-order valence-corrected chi connectivity index (χ2v) is 3.72. The summed E-state index contributed by atoms with van der Waals surface area (Å²) in [7, 11) is 0. The quantitative estimate of drug-likeness (QED) is 0.692. The van der Waals surface area contributed by atoms with E-state index in [1.807, 2.05) is 13.0 Å². The van der Waals surface area contributed by atoms with E-state index in [1.165, 1.54) is 0 Å². The van der Waals surface area contributed by atoms with Crippen molar-refractivity contribution in [3.05, 3.63) is 22.3 Å². The van der Waals surface area contributed by atoms with Crippen LogP contribution < -0.4 is 5.73 Å².